The number of hydrogen-bond donors (Lipinski definition) is 1. The molecule has 1 spiro atoms. The maximum Gasteiger partial charge on any atom is 0.242 e. The van der Waals surface area contributed by atoms with Crippen molar-refractivity contribution >= 4 is 17.6 Å². The Morgan fingerprint density at radius 2 is 2.00 bits per heavy atom. The van der Waals surface area contributed by atoms with Crippen LogP contribution < -0.4 is 14.8 Å². The standard InChI is InChI=1S/C24H32N2O5/c1-16(23(29)25-17-6-4-3-5-7-17)26-13-12-24(11-10-22(26)28)15-20(27)19-9-8-18(30-2)14-21(19)31-24/h8-9,14,16-17H,3-7,10-13,15H2,1-2H3,(H,25,29). The molecule has 2 aliphatic heterocycles. The lowest BCUT2D eigenvalue weighted by molar-refractivity contribution is -0.139. The summed E-state index contributed by atoms with van der Waals surface area (Å²) >= 11 is 0. The number of Topliss-reactive ketones (excluding diaryl/α,β-unsaturated/α-hetero) is 1. The number of benzene rings is 1. The number of amides is 2. The Balaban J connectivity index is 1.45. The first-order chi connectivity index (χ1) is 14.9. The fourth-order valence-corrected chi connectivity index (χ4v) is 5.05. The van der Waals surface area contributed by atoms with Gasteiger partial charge in [0.1, 0.15) is 23.1 Å². The molecule has 3 aliphatic rings. The smallest absolute Gasteiger partial charge is 0.242 e. The van der Waals surface area contributed by atoms with Gasteiger partial charge in [-0.2, -0.15) is 0 Å². The van der Waals surface area contributed by atoms with Gasteiger partial charge in [0, 0.05) is 31.5 Å². The average molecular weight is 429 g/mol. The van der Waals surface area contributed by atoms with E-state index in [1.807, 2.05) is 0 Å². The number of carbonyl (C=O) groups is 3. The largest absolute Gasteiger partial charge is 0.497 e. The van der Waals surface area contributed by atoms with Gasteiger partial charge in [-0.05, 0) is 38.3 Å². The van der Waals surface area contributed by atoms with Crippen molar-refractivity contribution in [1.82, 2.24) is 10.2 Å². The third-order valence-electron chi connectivity index (χ3n) is 7.02. The molecule has 2 atom stereocenters. The van der Waals surface area contributed by atoms with Crippen LogP contribution in [0.1, 0.15) is 75.1 Å². The van der Waals surface area contributed by atoms with Gasteiger partial charge in [-0.1, -0.05) is 19.3 Å². The number of ketones is 1. The number of carbonyl (C=O) groups excluding carboxylic acids is 3. The van der Waals surface area contributed by atoms with E-state index in [0.29, 0.717) is 36.4 Å². The topological polar surface area (TPSA) is 84.9 Å². The van der Waals surface area contributed by atoms with E-state index in [1.165, 1.54) is 6.42 Å². The third kappa shape index (κ3) is 4.55. The Hall–Kier alpha value is -2.57. The van der Waals surface area contributed by atoms with E-state index in [0.717, 1.165) is 25.7 Å². The van der Waals surface area contributed by atoms with Gasteiger partial charge in [-0.3, -0.25) is 14.4 Å². The number of nitrogens with one attached hydrogen (secondary N) is 1. The van der Waals surface area contributed by atoms with Gasteiger partial charge in [0.25, 0.3) is 0 Å². The zero-order chi connectivity index (χ0) is 22.0. The van der Waals surface area contributed by atoms with E-state index < -0.39 is 11.6 Å². The fourth-order valence-electron chi connectivity index (χ4n) is 5.05. The van der Waals surface area contributed by atoms with Crippen molar-refractivity contribution in [2.75, 3.05) is 13.7 Å². The van der Waals surface area contributed by atoms with Crippen LogP contribution in [0.5, 0.6) is 11.5 Å². The molecule has 168 valence electrons. The minimum Gasteiger partial charge on any atom is -0.497 e. The quantitative estimate of drug-likeness (QED) is 0.796. The molecule has 1 aliphatic carbocycles. The molecular formula is C24H32N2O5. The molecular weight excluding hydrogens is 396 g/mol. The van der Waals surface area contributed by atoms with Crippen molar-refractivity contribution in [3.05, 3.63) is 23.8 Å². The zero-order valence-electron chi connectivity index (χ0n) is 18.4. The highest BCUT2D eigenvalue weighted by Gasteiger charge is 2.44. The molecule has 1 saturated carbocycles. The van der Waals surface area contributed by atoms with E-state index in [4.69, 9.17) is 9.47 Å². The molecule has 0 bridgehead atoms. The molecule has 1 saturated heterocycles. The molecule has 1 aromatic rings. The molecule has 7 nitrogen and oxygen atoms in total. The third-order valence-corrected chi connectivity index (χ3v) is 7.02. The molecule has 0 aromatic heterocycles. The first-order valence-electron chi connectivity index (χ1n) is 11.4. The van der Waals surface area contributed by atoms with Crippen LogP contribution >= 0.6 is 0 Å². The molecule has 2 unspecified atom stereocenters. The summed E-state index contributed by atoms with van der Waals surface area (Å²) in [6, 6.07) is 4.90. The Kier molecular flexibility index (Phi) is 6.21. The minimum atomic E-state index is -0.722. The van der Waals surface area contributed by atoms with Crippen LogP contribution in [-0.2, 0) is 9.59 Å². The van der Waals surface area contributed by atoms with Gasteiger partial charge >= 0.3 is 0 Å². The molecule has 2 heterocycles. The summed E-state index contributed by atoms with van der Waals surface area (Å²) in [5.74, 6) is 1.01. The van der Waals surface area contributed by atoms with Crippen LogP contribution in [0.15, 0.2) is 18.2 Å². The molecule has 4 rings (SSSR count). The summed E-state index contributed by atoms with van der Waals surface area (Å²) in [7, 11) is 1.57. The van der Waals surface area contributed by atoms with Gasteiger partial charge in [0.2, 0.25) is 11.8 Å². The first-order valence-corrected chi connectivity index (χ1v) is 11.4. The van der Waals surface area contributed by atoms with Gasteiger partial charge < -0.3 is 19.7 Å². The normalized spacial score (nSPS) is 25.4. The van der Waals surface area contributed by atoms with Gasteiger partial charge in [-0.15, -0.1) is 0 Å². The Labute approximate surface area is 183 Å². The number of hydrogen-bond acceptors (Lipinski definition) is 5. The van der Waals surface area contributed by atoms with Gasteiger partial charge in [-0.25, -0.2) is 0 Å². The van der Waals surface area contributed by atoms with E-state index in [1.54, 1.807) is 37.1 Å². The monoisotopic (exact) mass is 428 g/mol. The molecule has 1 N–H and O–H groups in total. The lowest BCUT2D eigenvalue weighted by Gasteiger charge is -2.37. The van der Waals surface area contributed by atoms with Crippen LogP contribution in [-0.4, -0.2) is 53.8 Å². The molecule has 0 radical (unpaired) electrons. The van der Waals surface area contributed by atoms with Crippen LogP contribution in [0.3, 0.4) is 0 Å². The summed E-state index contributed by atoms with van der Waals surface area (Å²) < 4.78 is 11.6. The van der Waals surface area contributed by atoms with Crippen molar-refractivity contribution in [1.29, 1.82) is 0 Å². The van der Waals surface area contributed by atoms with Crippen molar-refractivity contribution in [3.8, 4) is 11.5 Å². The Morgan fingerprint density at radius 3 is 2.74 bits per heavy atom. The van der Waals surface area contributed by atoms with Crippen molar-refractivity contribution in [2.45, 2.75) is 82.4 Å². The van der Waals surface area contributed by atoms with E-state index in [-0.39, 0.29) is 36.5 Å². The van der Waals surface area contributed by atoms with Gasteiger partial charge in [0.15, 0.2) is 5.78 Å². The molecule has 1 aromatic carbocycles. The molecule has 7 heteroatoms. The number of likely N-dealkylation sites (tertiary alicyclic amines) is 1. The number of ether oxygens (including phenoxy) is 2. The maximum atomic E-state index is 12.9. The first kappa shape index (κ1) is 21.7. The summed E-state index contributed by atoms with van der Waals surface area (Å²) in [6.07, 6.45) is 7.00. The Bertz CT molecular complexity index is 864. The zero-order valence-corrected chi connectivity index (χ0v) is 18.4. The molecule has 2 fully saturated rings. The lowest BCUT2D eigenvalue weighted by Crippen LogP contribution is -2.51. The summed E-state index contributed by atoms with van der Waals surface area (Å²) in [4.78, 5) is 40.2. The maximum absolute atomic E-state index is 12.9. The van der Waals surface area contributed by atoms with E-state index >= 15 is 0 Å². The predicted molar refractivity (Wildman–Crippen MR) is 115 cm³/mol. The number of rotatable bonds is 4. The van der Waals surface area contributed by atoms with Crippen molar-refractivity contribution in [2.24, 2.45) is 0 Å². The number of fused-ring (bicyclic) bond motifs is 1. The van der Waals surface area contributed by atoms with Crippen molar-refractivity contribution < 1.29 is 23.9 Å². The molecule has 2 amide bonds. The fraction of sp³-hybridized carbons (Fsp3) is 0.625. The molecule has 31 heavy (non-hydrogen) atoms. The van der Waals surface area contributed by atoms with Crippen LogP contribution in [0.4, 0.5) is 0 Å². The van der Waals surface area contributed by atoms with Crippen LogP contribution in [0, 0.1) is 0 Å². The van der Waals surface area contributed by atoms with E-state index in [9.17, 15) is 14.4 Å². The number of nitrogens with zero attached hydrogens (tertiary/aromatic N) is 1. The highest BCUT2D eigenvalue weighted by Crippen LogP contribution is 2.41. The predicted octanol–water partition coefficient (Wildman–Crippen LogP) is 3.25. The summed E-state index contributed by atoms with van der Waals surface area (Å²) in [5, 5.41) is 3.13. The van der Waals surface area contributed by atoms with Crippen LogP contribution in [0.25, 0.3) is 0 Å². The second kappa shape index (κ2) is 8.89. The minimum absolute atomic E-state index is 0.0212. The average Bonchev–Trinajstić information content (AvgIpc) is 2.92. The summed E-state index contributed by atoms with van der Waals surface area (Å²) in [5.41, 5.74) is -0.167. The SMILES string of the molecule is COc1ccc2c(c1)OC1(CCC(=O)N(C(C)C(=O)NC3CCCCC3)CC1)CC2=O. The highest BCUT2D eigenvalue weighted by atomic mass is 16.5. The second-order valence-corrected chi connectivity index (χ2v) is 9.10. The summed E-state index contributed by atoms with van der Waals surface area (Å²) in [6.45, 7) is 2.19. The van der Waals surface area contributed by atoms with Crippen LogP contribution in [0.2, 0.25) is 0 Å². The number of methoxy groups -OCH3 is 1. The van der Waals surface area contributed by atoms with E-state index in [2.05, 4.69) is 5.32 Å². The lowest BCUT2D eigenvalue weighted by atomic mass is 9.84. The van der Waals surface area contributed by atoms with Crippen molar-refractivity contribution in [3.63, 3.8) is 0 Å². The second-order valence-electron chi connectivity index (χ2n) is 9.10. The van der Waals surface area contributed by atoms with Gasteiger partial charge in [0.05, 0.1) is 19.1 Å². The highest BCUT2D eigenvalue weighted by molar-refractivity contribution is 6.00. The Morgan fingerprint density at radius 1 is 1.23 bits per heavy atom.